The molecule has 1 heterocycles. The Balaban J connectivity index is 1.30. The lowest BCUT2D eigenvalue weighted by Crippen LogP contribution is -2.48. The monoisotopic (exact) mass is 482 g/mol. The van der Waals surface area contributed by atoms with Crippen LogP contribution in [0.2, 0.25) is 10.0 Å². The number of ether oxygens (including phenoxy) is 1. The average Bonchev–Trinajstić information content (AvgIpc) is 2.81. The van der Waals surface area contributed by atoms with E-state index in [0.717, 1.165) is 47.6 Å². The Labute approximate surface area is 205 Å². The molecular formula is C27H28Cl2N2O2. The van der Waals surface area contributed by atoms with Crippen LogP contribution in [0.5, 0.6) is 5.75 Å². The van der Waals surface area contributed by atoms with Crippen LogP contribution in [-0.2, 0) is 13.2 Å². The number of carbonyl (C=O) groups excluding carboxylic acids is 1. The standard InChI is InChI=1S/C27H28Cl2N2O2/c1-19-4-3-5-20(2)26(19)33-18-21-6-8-22(9-7-21)27(32)31-14-12-30(13-15-31)17-23-10-11-24(28)16-25(23)29/h3-11,16H,12-15,17-18H2,1-2H3. The second-order valence-electron chi connectivity index (χ2n) is 8.51. The molecule has 0 atom stereocenters. The van der Waals surface area contributed by atoms with Gasteiger partial charge in [-0.2, -0.15) is 0 Å². The molecule has 3 aromatic carbocycles. The van der Waals surface area contributed by atoms with Crippen LogP contribution in [0.3, 0.4) is 0 Å². The van der Waals surface area contributed by atoms with Crippen molar-refractivity contribution in [3.05, 3.63) is 98.5 Å². The van der Waals surface area contributed by atoms with Crippen molar-refractivity contribution in [3.63, 3.8) is 0 Å². The summed E-state index contributed by atoms with van der Waals surface area (Å²) in [6.45, 7) is 8.35. The van der Waals surface area contributed by atoms with Crippen molar-refractivity contribution in [1.82, 2.24) is 9.80 Å². The summed E-state index contributed by atoms with van der Waals surface area (Å²) in [6.07, 6.45) is 0. The molecule has 1 fully saturated rings. The molecule has 0 aliphatic carbocycles. The van der Waals surface area contributed by atoms with E-state index in [-0.39, 0.29) is 5.91 Å². The number of carbonyl (C=O) groups is 1. The summed E-state index contributed by atoms with van der Waals surface area (Å²) in [4.78, 5) is 17.2. The van der Waals surface area contributed by atoms with Gasteiger partial charge in [-0.3, -0.25) is 9.69 Å². The van der Waals surface area contributed by atoms with E-state index in [1.54, 1.807) is 6.07 Å². The van der Waals surface area contributed by atoms with Crippen LogP contribution in [0.15, 0.2) is 60.7 Å². The van der Waals surface area contributed by atoms with Gasteiger partial charge in [0, 0.05) is 48.3 Å². The number of nitrogens with zero attached hydrogens (tertiary/aromatic N) is 2. The Morgan fingerprint density at radius 1 is 0.909 bits per heavy atom. The van der Waals surface area contributed by atoms with E-state index in [1.807, 2.05) is 73.3 Å². The number of halogens is 2. The summed E-state index contributed by atoms with van der Waals surface area (Å²) in [6, 6.07) is 19.5. The first-order valence-electron chi connectivity index (χ1n) is 11.1. The van der Waals surface area contributed by atoms with Crippen LogP contribution in [0.25, 0.3) is 0 Å². The number of hydrogen-bond acceptors (Lipinski definition) is 3. The summed E-state index contributed by atoms with van der Waals surface area (Å²) in [5.41, 5.74) is 5.05. The van der Waals surface area contributed by atoms with Crippen LogP contribution < -0.4 is 4.74 Å². The van der Waals surface area contributed by atoms with Crippen molar-refractivity contribution in [2.24, 2.45) is 0 Å². The van der Waals surface area contributed by atoms with Crippen LogP contribution in [0.4, 0.5) is 0 Å². The lowest BCUT2D eigenvalue weighted by atomic mass is 10.1. The van der Waals surface area contributed by atoms with Crippen LogP contribution >= 0.6 is 23.2 Å². The maximum absolute atomic E-state index is 13.0. The van der Waals surface area contributed by atoms with Gasteiger partial charge in [0.15, 0.2) is 0 Å². The number of rotatable bonds is 6. The molecule has 1 aliphatic heterocycles. The molecule has 4 rings (SSSR count). The molecule has 1 amide bonds. The normalized spacial score (nSPS) is 14.4. The van der Waals surface area contributed by atoms with Gasteiger partial charge in [0.05, 0.1) is 0 Å². The van der Waals surface area contributed by atoms with E-state index >= 15 is 0 Å². The van der Waals surface area contributed by atoms with Gasteiger partial charge < -0.3 is 9.64 Å². The molecule has 0 bridgehead atoms. The molecule has 0 radical (unpaired) electrons. The Morgan fingerprint density at radius 2 is 1.58 bits per heavy atom. The SMILES string of the molecule is Cc1cccc(C)c1OCc1ccc(C(=O)N2CCN(Cc3ccc(Cl)cc3Cl)CC2)cc1. The van der Waals surface area contributed by atoms with Crippen molar-refractivity contribution in [1.29, 1.82) is 0 Å². The van der Waals surface area contributed by atoms with Gasteiger partial charge >= 0.3 is 0 Å². The molecule has 0 unspecified atom stereocenters. The predicted molar refractivity (Wildman–Crippen MR) is 134 cm³/mol. The molecule has 33 heavy (non-hydrogen) atoms. The Morgan fingerprint density at radius 3 is 2.21 bits per heavy atom. The van der Waals surface area contributed by atoms with Gasteiger partial charge in [0.25, 0.3) is 5.91 Å². The van der Waals surface area contributed by atoms with E-state index < -0.39 is 0 Å². The Hall–Kier alpha value is -2.53. The van der Waals surface area contributed by atoms with Gasteiger partial charge in [-0.15, -0.1) is 0 Å². The fourth-order valence-corrected chi connectivity index (χ4v) is 4.58. The van der Waals surface area contributed by atoms with Gasteiger partial charge in [0.1, 0.15) is 12.4 Å². The highest BCUT2D eigenvalue weighted by Gasteiger charge is 2.22. The summed E-state index contributed by atoms with van der Waals surface area (Å²) in [5.74, 6) is 0.997. The van der Waals surface area contributed by atoms with Crippen LogP contribution in [0, 0.1) is 13.8 Å². The zero-order valence-corrected chi connectivity index (χ0v) is 20.5. The van der Waals surface area contributed by atoms with E-state index in [0.29, 0.717) is 35.3 Å². The van der Waals surface area contributed by atoms with E-state index in [4.69, 9.17) is 27.9 Å². The summed E-state index contributed by atoms with van der Waals surface area (Å²) in [5, 5.41) is 1.32. The van der Waals surface area contributed by atoms with Gasteiger partial charge in [-0.25, -0.2) is 0 Å². The minimum atomic E-state index is 0.0707. The fraction of sp³-hybridized carbons (Fsp3) is 0.296. The van der Waals surface area contributed by atoms with Crippen molar-refractivity contribution in [2.75, 3.05) is 26.2 Å². The molecule has 6 heteroatoms. The maximum Gasteiger partial charge on any atom is 0.253 e. The minimum Gasteiger partial charge on any atom is -0.488 e. The predicted octanol–water partition coefficient (Wildman–Crippen LogP) is 6.15. The van der Waals surface area contributed by atoms with Gasteiger partial charge in [0.2, 0.25) is 0 Å². The molecule has 0 aromatic heterocycles. The Bertz CT molecular complexity index is 1100. The zero-order chi connectivity index (χ0) is 23.4. The van der Waals surface area contributed by atoms with E-state index in [9.17, 15) is 4.79 Å². The maximum atomic E-state index is 13.0. The van der Waals surface area contributed by atoms with E-state index in [1.165, 1.54) is 0 Å². The highest BCUT2D eigenvalue weighted by atomic mass is 35.5. The van der Waals surface area contributed by atoms with Crippen LogP contribution in [-0.4, -0.2) is 41.9 Å². The van der Waals surface area contributed by atoms with Crippen molar-refractivity contribution < 1.29 is 9.53 Å². The summed E-state index contributed by atoms with van der Waals surface area (Å²) < 4.78 is 6.03. The van der Waals surface area contributed by atoms with Crippen molar-refractivity contribution in [2.45, 2.75) is 27.0 Å². The first kappa shape index (κ1) is 23.6. The largest absolute Gasteiger partial charge is 0.488 e. The third kappa shape index (κ3) is 5.89. The van der Waals surface area contributed by atoms with Crippen molar-refractivity contribution >= 4 is 29.1 Å². The number of benzene rings is 3. The lowest BCUT2D eigenvalue weighted by Gasteiger charge is -2.35. The summed E-state index contributed by atoms with van der Waals surface area (Å²) >= 11 is 12.3. The number of hydrogen-bond donors (Lipinski definition) is 0. The topological polar surface area (TPSA) is 32.8 Å². The second kappa shape index (κ2) is 10.6. The second-order valence-corrected chi connectivity index (χ2v) is 9.35. The highest BCUT2D eigenvalue weighted by Crippen LogP contribution is 2.24. The zero-order valence-electron chi connectivity index (χ0n) is 19.0. The molecule has 1 saturated heterocycles. The highest BCUT2D eigenvalue weighted by molar-refractivity contribution is 6.35. The van der Waals surface area contributed by atoms with Gasteiger partial charge in [-0.1, -0.05) is 59.6 Å². The number of piperazine rings is 1. The number of aryl methyl sites for hydroxylation is 2. The molecule has 172 valence electrons. The van der Waals surface area contributed by atoms with Gasteiger partial charge in [-0.05, 0) is 60.4 Å². The quantitative estimate of drug-likeness (QED) is 0.422. The van der Waals surface area contributed by atoms with Crippen molar-refractivity contribution in [3.8, 4) is 5.75 Å². The first-order valence-corrected chi connectivity index (χ1v) is 11.9. The third-order valence-corrected chi connectivity index (χ3v) is 6.65. The fourth-order valence-electron chi connectivity index (χ4n) is 4.11. The lowest BCUT2D eigenvalue weighted by molar-refractivity contribution is 0.0628. The minimum absolute atomic E-state index is 0.0707. The van der Waals surface area contributed by atoms with Crippen LogP contribution in [0.1, 0.15) is 32.6 Å². The molecule has 1 aliphatic rings. The summed E-state index contributed by atoms with van der Waals surface area (Å²) in [7, 11) is 0. The first-order chi connectivity index (χ1) is 15.9. The molecular weight excluding hydrogens is 455 g/mol. The molecule has 0 saturated carbocycles. The molecule has 0 spiro atoms. The average molecular weight is 483 g/mol. The molecule has 3 aromatic rings. The third-order valence-electron chi connectivity index (χ3n) is 6.06. The number of para-hydroxylation sites is 1. The number of amides is 1. The Kier molecular flexibility index (Phi) is 7.59. The van der Waals surface area contributed by atoms with E-state index in [2.05, 4.69) is 4.90 Å². The molecule has 0 N–H and O–H groups in total. The molecule has 4 nitrogen and oxygen atoms in total. The smallest absolute Gasteiger partial charge is 0.253 e.